The van der Waals surface area contributed by atoms with Crippen molar-refractivity contribution in [2.24, 2.45) is 0 Å². The third-order valence-corrected chi connectivity index (χ3v) is 4.21. The zero-order chi connectivity index (χ0) is 16.8. The number of benzene rings is 1. The summed E-state index contributed by atoms with van der Waals surface area (Å²) in [6.07, 6.45) is 1.60. The Bertz CT molecular complexity index is 785. The van der Waals surface area contributed by atoms with E-state index in [0.717, 1.165) is 5.56 Å². The first kappa shape index (κ1) is 16.3. The Hall–Kier alpha value is -2.54. The lowest BCUT2D eigenvalue weighted by molar-refractivity contribution is -0.139. The molecule has 0 bridgehead atoms. The molecule has 6 nitrogen and oxygen atoms in total. The molecule has 0 aliphatic rings. The molecule has 0 aliphatic heterocycles. The maximum atomic E-state index is 11.6. The lowest BCUT2D eigenvalue weighted by Crippen LogP contribution is -2.09. The number of aromatic nitrogens is 3. The molecule has 1 aromatic carbocycles. The van der Waals surface area contributed by atoms with Gasteiger partial charge in [-0.1, -0.05) is 42.1 Å². The third-order valence-electron chi connectivity index (χ3n) is 3.27. The second kappa shape index (κ2) is 7.83. The Balaban J connectivity index is 1.86. The van der Waals surface area contributed by atoms with Crippen molar-refractivity contribution in [2.75, 3.05) is 12.4 Å². The average Bonchev–Trinajstić information content (AvgIpc) is 3.24. The van der Waals surface area contributed by atoms with Crippen molar-refractivity contribution in [3.05, 3.63) is 54.3 Å². The van der Waals surface area contributed by atoms with E-state index >= 15 is 0 Å². The molecule has 0 amide bonds. The maximum absolute atomic E-state index is 11.6. The van der Waals surface area contributed by atoms with Crippen LogP contribution in [0.15, 0.2) is 58.3 Å². The van der Waals surface area contributed by atoms with Crippen LogP contribution in [0.2, 0.25) is 0 Å². The first-order valence-electron chi connectivity index (χ1n) is 7.57. The number of hydrogen-bond donors (Lipinski definition) is 0. The molecule has 0 N–H and O–H groups in total. The molecule has 3 aromatic rings. The topological polar surface area (TPSA) is 70.2 Å². The van der Waals surface area contributed by atoms with Crippen LogP contribution in [0.5, 0.6) is 0 Å². The molecule has 0 radical (unpaired) electrons. The molecule has 0 atom stereocenters. The number of furan rings is 1. The number of rotatable bonds is 7. The molecule has 0 unspecified atom stereocenters. The van der Waals surface area contributed by atoms with Crippen LogP contribution >= 0.6 is 11.8 Å². The summed E-state index contributed by atoms with van der Waals surface area (Å²) < 4.78 is 12.4. The van der Waals surface area contributed by atoms with Gasteiger partial charge in [0.15, 0.2) is 10.9 Å². The first-order chi connectivity index (χ1) is 11.8. The van der Waals surface area contributed by atoms with Crippen LogP contribution in [-0.2, 0) is 16.1 Å². The van der Waals surface area contributed by atoms with Gasteiger partial charge in [0.2, 0.25) is 5.82 Å². The average molecular weight is 343 g/mol. The van der Waals surface area contributed by atoms with Gasteiger partial charge in [-0.05, 0) is 24.6 Å². The highest BCUT2D eigenvalue weighted by atomic mass is 32.2. The fourth-order valence-corrected chi connectivity index (χ4v) is 2.95. The van der Waals surface area contributed by atoms with Crippen molar-refractivity contribution in [1.82, 2.24) is 14.8 Å². The minimum atomic E-state index is -0.267. The molecule has 24 heavy (non-hydrogen) atoms. The van der Waals surface area contributed by atoms with Crippen LogP contribution in [0.1, 0.15) is 12.5 Å². The SMILES string of the molecule is CCOC(=O)CSc1nnc(-c2ccco2)n1Cc1ccccc1. The van der Waals surface area contributed by atoms with E-state index in [0.29, 0.717) is 29.9 Å². The minimum Gasteiger partial charge on any atom is -0.465 e. The van der Waals surface area contributed by atoms with E-state index in [1.807, 2.05) is 47.0 Å². The summed E-state index contributed by atoms with van der Waals surface area (Å²) in [7, 11) is 0. The summed E-state index contributed by atoms with van der Waals surface area (Å²) in [6, 6.07) is 13.7. The number of ether oxygens (including phenoxy) is 1. The van der Waals surface area contributed by atoms with E-state index < -0.39 is 0 Å². The zero-order valence-electron chi connectivity index (χ0n) is 13.2. The van der Waals surface area contributed by atoms with Crippen LogP contribution in [0, 0.1) is 0 Å². The highest BCUT2D eigenvalue weighted by molar-refractivity contribution is 7.99. The van der Waals surface area contributed by atoms with Crippen LogP contribution in [0.3, 0.4) is 0 Å². The quantitative estimate of drug-likeness (QED) is 0.484. The summed E-state index contributed by atoms with van der Waals surface area (Å²) in [4.78, 5) is 11.6. The minimum absolute atomic E-state index is 0.193. The highest BCUT2D eigenvalue weighted by Crippen LogP contribution is 2.25. The van der Waals surface area contributed by atoms with Crippen molar-refractivity contribution in [3.8, 4) is 11.6 Å². The lowest BCUT2D eigenvalue weighted by atomic mass is 10.2. The second-order valence-electron chi connectivity index (χ2n) is 4.95. The maximum Gasteiger partial charge on any atom is 0.316 e. The fourth-order valence-electron chi connectivity index (χ4n) is 2.22. The van der Waals surface area contributed by atoms with Gasteiger partial charge < -0.3 is 9.15 Å². The summed E-state index contributed by atoms with van der Waals surface area (Å²) in [5, 5.41) is 9.08. The molecule has 0 fully saturated rings. The number of carbonyl (C=O) groups is 1. The van der Waals surface area contributed by atoms with E-state index in [-0.39, 0.29) is 11.7 Å². The number of nitrogens with zero attached hydrogens (tertiary/aromatic N) is 3. The number of carbonyl (C=O) groups excluding carboxylic acids is 1. The van der Waals surface area contributed by atoms with Crippen LogP contribution in [0.25, 0.3) is 11.6 Å². The first-order valence-corrected chi connectivity index (χ1v) is 8.56. The van der Waals surface area contributed by atoms with E-state index in [4.69, 9.17) is 9.15 Å². The highest BCUT2D eigenvalue weighted by Gasteiger charge is 2.17. The number of esters is 1. The van der Waals surface area contributed by atoms with Crippen LogP contribution in [-0.4, -0.2) is 33.1 Å². The molecule has 2 heterocycles. The third kappa shape index (κ3) is 3.86. The standard InChI is InChI=1S/C17H17N3O3S/c1-2-22-15(21)12-24-17-19-18-16(14-9-6-10-23-14)20(17)11-13-7-4-3-5-8-13/h3-10H,2,11-12H2,1H3. The van der Waals surface area contributed by atoms with Gasteiger partial charge in [0.1, 0.15) is 0 Å². The molecular weight excluding hydrogens is 326 g/mol. The van der Waals surface area contributed by atoms with E-state index in [9.17, 15) is 4.79 Å². The van der Waals surface area contributed by atoms with Crippen molar-refractivity contribution in [3.63, 3.8) is 0 Å². The van der Waals surface area contributed by atoms with E-state index in [1.165, 1.54) is 11.8 Å². The number of hydrogen-bond acceptors (Lipinski definition) is 6. The number of thioether (sulfide) groups is 1. The molecule has 7 heteroatoms. The fraction of sp³-hybridized carbons (Fsp3) is 0.235. The van der Waals surface area contributed by atoms with Gasteiger partial charge in [0, 0.05) is 0 Å². The zero-order valence-corrected chi connectivity index (χ0v) is 14.0. The predicted octanol–water partition coefficient (Wildman–Crippen LogP) is 3.24. The van der Waals surface area contributed by atoms with Gasteiger partial charge in [-0.15, -0.1) is 10.2 Å². The monoisotopic (exact) mass is 343 g/mol. The summed E-state index contributed by atoms with van der Waals surface area (Å²) in [6.45, 7) is 2.75. The van der Waals surface area contributed by atoms with Crippen molar-refractivity contribution < 1.29 is 13.9 Å². The lowest BCUT2D eigenvalue weighted by Gasteiger charge is -2.09. The van der Waals surface area contributed by atoms with Crippen LogP contribution in [0.4, 0.5) is 0 Å². The molecular formula is C17H17N3O3S. The summed E-state index contributed by atoms with van der Waals surface area (Å²) >= 11 is 1.31. The van der Waals surface area contributed by atoms with E-state index in [2.05, 4.69) is 10.2 Å². The van der Waals surface area contributed by atoms with Gasteiger partial charge in [-0.25, -0.2) is 0 Å². The van der Waals surface area contributed by atoms with Crippen molar-refractivity contribution in [1.29, 1.82) is 0 Å². The Kier molecular flexibility index (Phi) is 5.32. The molecule has 0 aliphatic carbocycles. The Labute approximate surface area is 143 Å². The smallest absolute Gasteiger partial charge is 0.316 e. The predicted molar refractivity (Wildman–Crippen MR) is 90.6 cm³/mol. The molecule has 3 rings (SSSR count). The molecule has 0 saturated carbocycles. The summed E-state index contributed by atoms with van der Waals surface area (Å²) in [5.74, 6) is 1.20. The Morgan fingerprint density at radius 1 is 1.21 bits per heavy atom. The Morgan fingerprint density at radius 3 is 2.75 bits per heavy atom. The largest absolute Gasteiger partial charge is 0.465 e. The van der Waals surface area contributed by atoms with Gasteiger partial charge in [0.25, 0.3) is 0 Å². The normalized spacial score (nSPS) is 10.7. The van der Waals surface area contributed by atoms with E-state index in [1.54, 1.807) is 13.2 Å². The molecule has 0 saturated heterocycles. The Morgan fingerprint density at radius 2 is 2.04 bits per heavy atom. The van der Waals surface area contributed by atoms with Gasteiger partial charge in [-0.3, -0.25) is 9.36 Å². The van der Waals surface area contributed by atoms with Crippen LogP contribution < -0.4 is 0 Å². The molecule has 0 spiro atoms. The van der Waals surface area contributed by atoms with Gasteiger partial charge in [0.05, 0.1) is 25.2 Å². The van der Waals surface area contributed by atoms with Gasteiger partial charge >= 0.3 is 5.97 Å². The van der Waals surface area contributed by atoms with Crippen molar-refractivity contribution in [2.45, 2.75) is 18.6 Å². The summed E-state index contributed by atoms with van der Waals surface area (Å²) in [5.41, 5.74) is 1.11. The van der Waals surface area contributed by atoms with Crippen molar-refractivity contribution >= 4 is 17.7 Å². The van der Waals surface area contributed by atoms with Gasteiger partial charge in [-0.2, -0.15) is 0 Å². The molecule has 2 aromatic heterocycles. The molecule has 124 valence electrons. The second-order valence-corrected chi connectivity index (χ2v) is 5.89.